The zero-order valence-corrected chi connectivity index (χ0v) is 21.8. The monoisotopic (exact) mass is 562 g/mol. The summed E-state index contributed by atoms with van der Waals surface area (Å²) in [5, 5.41) is 7.95. The SMILES string of the molecule is Cc1nc(-c2c(Cl)c3ccccc3n2-c2ccc(CN(F)C(=O)C3(NC(=O)c4ccnc(F)c4)CC3)cc2)no1. The lowest BCUT2D eigenvalue weighted by Gasteiger charge is -2.21. The quantitative estimate of drug-likeness (QED) is 0.212. The van der Waals surface area contributed by atoms with Crippen LogP contribution in [0.25, 0.3) is 28.1 Å². The fraction of sp³-hybridized carbons (Fsp3) is 0.179. The molecule has 0 spiro atoms. The predicted octanol–water partition coefficient (Wildman–Crippen LogP) is 5.35. The van der Waals surface area contributed by atoms with Crippen LogP contribution in [0.15, 0.2) is 71.4 Å². The molecule has 6 rings (SSSR count). The maximum atomic E-state index is 15.1. The Bertz CT molecular complexity index is 1760. The van der Waals surface area contributed by atoms with Crippen LogP contribution in [0.3, 0.4) is 0 Å². The minimum atomic E-state index is -1.36. The summed E-state index contributed by atoms with van der Waals surface area (Å²) >= 11 is 6.73. The number of benzene rings is 2. The van der Waals surface area contributed by atoms with Crippen molar-refractivity contribution >= 4 is 34.3 Å². The second-order valence-electron chi connectivity index (χ2n) is 9.55. The van der Waals surface area contributed by atoms with Gasteiger partial charge in [-0.3, -0.25) is 9.59 Å². The first kappa shape index (κ1) is 25.6. The van der Waals surface area contributed by atoms with E-state index in [9.17, 15) is 14.0 Å². The maximum Gasteiger partial charge on any atom is 0.276 e. The van der Waals surface area contributed by atoms with Gasteiger partial charge in [-0.1, -0.05) is 51.6 Å². The Balaban J connectivity index is 1.22. The molecule has 0 radical (unpaired) electrons. The van der Waals surface area contributed by atoms with Gasteiger partial charge in [0.1, 0.15) is 11.2 Å². The van der Waals surface area contributed by atoms with E-state index in [1.807, 2.05) is 28.8 Å². The Morgan fingerprint density at radius 1 is 1.15 bits per heavy atom. The van der Waals surface area contributed by atoms with E-state index >= 15 is 4.48 Å². The summed E-state index contributed by atoms with van der Waals surface area (Å²) in [6.07, 6.45) is 1.71. The van der Waals surface area contributed by atoms with Crippen LogP contribution in [0.1, 0.15) is 34.7 Å². The van der Waals surface area contributed by atoms with Crippen LogP contribution in [0, 0.1) is 12.9 Å². The molecule has 1 saturated carbocycles. The van der Waals surface area contributed by atoms with Crippen molar-refractivity contribution in [3.63, 3.8) is 0 Å². The first-order valence-corrected chi connectivity index (χ1v) is 12.7. The Morgan fingerprint density at radius 3 is 2.58 bits per heavy atom. The summed E-state index contributed by atoms with van der Waals surface area (Å²) < 4.78 is 35.5. The number of amides is 2. The molecule has 1 fully saturated rings. The highest BCUT2D eigenvalue weighted by molar-refractivity contribution is 6.38. The summed E-state index contributed by atoms with van der Waals surface area (Å²) in [5.74, 6) is -1.64. The molecule has 12 heteroatoms. The van der Waals surface area contributed by atoms with Gasteiger partial charge in [-0.2, -0.15) is 14.5 Å². The zero-order chi connectivity index (χ0) is 28.0. The molecule has 0 aliphatic heterocycles. The predicted molar refractivity (Wildman–Crippen MR) is 142 cm³/mol. The van der Waals surface area contributed by atoms with Gasteiger partial charge in [0.05, 0.1) is 17.1 Å². The number of hydrogen-bond acceptors (Lipinski definition) is 6. The van der Waals surface area contributed by atoms with Crippen molar-refractivity contribution in [2.75, 3.05) is 0 Å². The zero-order valence-electron chi connectivity index (χ0n) is 21.1. The summed E-state index contributed by atoms with van der Waals surface area (Å²) in [7, 11) is 0. The smallest absolute Gasteiger partial charge is 0.276 e. The second-order valence-corrected chi connectivity index (χ2v) is 9.93. The average molecular weight is 563 g/mol. The van der Waals surface area contributed by atoms with E-state index in [0.717, 1.165) is 28.9 Å². The number of para-hydroxylation sites is 1. The number of carbonyl (C=O) groups is 2. The number of rotatable bonds is 7. The van der Waals surface area contributed by atoms with E-state index in [0.29, 0.717) is 28.0 Å². The number of fused-ring (bicyclic) bond motifs is 1. The molecule has 0 bridgehead atoms. The van der Waals surface area contributed by atoms with Gasteiger partial charge in [0.25, 0.3) is 11.8 Å². The molecule has 202 valence electrons. The van der Waals surface area contributed by atoms with Gasteiger partial charge in [-0.05, 0) is 42.7 Å². The van der Waals surface area contributed by atoms with Crippen molar-refractivity contribution in [3.8, 4) is 17.2 Å². The molecular weight excluding hydrogens is 542 g/mol. The Hall–Kier alpha value is -4.64. The minimum absolute atomic E-state index is 0.000520. The van der Waals surface area contributed by atoms with Crippen LogP contribution >= 0.6 is 11.6 Å². The number of aryl methyl sites for hydroxylation is 1. The summed E-state index contributed by atoms with van der Waals surface area (Å²) in [4.78, 5) is 33.2. The van der Waals surface area contributed by atoms with Crippen molar-refractivity contribution < 1.29 is 23.0 Å². The lowest BCUT2D eigenvalue weighted by Crippen LogP contribution is -2.48. The number of aromatic nitrogens is 4. The highest BCUT2D eigenvalue weighted by Crippen LogP contribution is 2.40. The first-order valence-electron chi connectivity index (χ1n) is 12.4. The minimum Gasteiger partial charge on any atom is -0.339 e. The summed E-state index contributed by atoms with van der Waals surface area (Å²) in [6.45, 7) is 1.36. The van der Waals surface area contributed by atoms with Crippen LogP contribution in [0.4, 0.5) is 8.87 Å². The van der Waals surface area contributed by atoms with Gasteiger partial charge in [0, 0.05) is 35.8 Å². The van der Waals surface area contributed by atoms with Crippen LogP contribution in [0.2, 0.25) is 5.02 Å². The molecule has 0 saturated heterocycles. The molecule has 40 heavy (non-hydrogen) atoms. The lowest BCUT2D eigenvalue weighted by molar-refractivity contribution is -0.151. The van der Waals surface area contributed by atoms with Crippen molar-refractivity contribution in [2.45, 2.75) is 31.8 Å². The molecule has 2 aromatic carbocycles. The lowest BCUT2D eigenvalue weighted by atomic mass is 10.1. The number of nitrogens with zero attached hydrogens (tertiary/aromatic N) is 5. The van der Waals surface area contributed by atoms with Crippen LogP contribution in [0.5, 0.6) is 0 Å². The number of nitrogens with one attached hydrogen (secondary N) is 1. The van der Waals surface area contributed by atoms with E-state index in [1.54, 1.807) is 31.2 Å². The molecule has 0 atom stereocenters. The van der Waals surface area contributed by atoms with E-state index < -0.39 is 23.3 Å². The highest BCUT2D eigenvalue weighted by atomic mass is 35.5. The van der Waals surface area contributed by atoms with E-state index in [2.05, 4.69) is 20.4 Å². The van der Waals surface area contributed by atoms with Crippen LogP contribution in [-0.2, 0) is 11.3 Å². The highest BCUT2D eigenvalue weighted by Gasteiger charge is 2.53. The molecule has 3 aromatic heterocycles. The van der Waals surface area contributed by atoms with Gasteiger partial charge < -0.3 is 14.4 Å². The van der Waals surface area contributed by atoms with Gasteiger partial charge in [0.2, 0.25) is 17.7 Å². The third-order valence-corrected chi connectivity index (χ3v) is 7.17. The Labute approximate surface area is 231 Å². The Kier molecular flexibility index (Phi) is 6.30. The number of carbonyl (C=O) groups excluding carboxylic acids is 2. The number of pyridine rings is 1. The molecular formula is C28H21ClF2N6O3. The standard InChI is InChI=1S/C28H21ClF2N6O3/c1-16-33-25(35-40-16)24-23(29)20-4-2-3-5-21(20)37(24)19-8-6-17(7-9-19)15-36(31)27(39)28(11-12-28)34-26(38)18-10-13-32-22(30)14-18/h2-10,13-14H,11-12,15H2,1H3,(H,34,38). The molecule has 1 aliphatic rings. The third kappa shape index (κ3) is 4.58. The van der Waals surface area contributed by atoms with Crippen molar-refractivity contribution in [2.24, 2.45) is 0 Å². The molecule has 0 unspecified atom stereocenters. The Morgan fingerprint density at radius 2 is 1.90 bits per heavy atom. The van der Waals surface area contributed by atoms with E-state index in [1.165, 1.54) is 6.07 Å². The van der Waals surface area contributed by atoms with Gasteiger partial charge in [-0.25, -0.2) is 4.98 Å². The van der Waals surface area contributed by atoms with Crippen molar-refractivity contribution in [3.05, 3.63) is 94.8 Å². The largest absolute Gasteiger partial charge is 0.339 e. The topological polar surface area (TPSA) is 106 Å². The van der Waals surface area contributed by atoms with Crippen molar-refractivity contribution in [1.82, 2.24) is 30.1 Å². The molecule has 5 aromatic rings. The van der Waals surface area contributed by atoms with Gasteiger partial charge in [0.15, 0.2) is 0 Å². The third-order valence-electron chi connectivity index (χ3n) is 6.79. The summed E-state index contributed by atoms with van der Waals surface area (Å²) in [6, 6.07) is 16.8. The van der Waals surface area contributed by atoms with Crippen LogP contribution < -0.4 is 5.32 Å². The average Bonchev–Trinajstić information content (AvgIpc) is 3.51. The van der Waals surface area contributed by atoms with Gasteiger partial charge in [-0.15, -0.1) is 0 Å². The fourth-order valence-corrected chi connectivity index (χ4v) is 4.96. The molecule has 2 amide bonds. The molecule has 3 heterocycles. The maximum absolute atomic E-state index is 15.1. The second kappa shape index (κ2) is 9.83. The molecule has 9 nitrogen and oxygen atoms in total. The van der Waals surface area contributed by atoms with Gasteiger partial charge >= 0.3 is 0 Å². The summed E-state index contributed by atoms with van der Waals surface area (Å²) in [5.41, 5.74) is 1.26. The normalized spacial score (nSPS) is 13.8. The molecule has 1 N–H and O–H groups in total. The van der Waals surface area contributed by atoms with Crippen molar-refractivity contribution in [1.29, 1.82) is 0 Å². The first-order chi connectivity index (χ1) is 19.3. The number of halogens is 3. The number of hydrogen-bond donors (Lipinski definition) is 1. The van der Waals surface area contributed by atoms with E-state index in [-0.39, 0.29) is 30.1 Å². The molecule has 1 aliphatic carbocycles. The fourth-order valence-electron chi connectivity index (χ4n) is 4.63. The van der Waals surface area contributed by atoms with E-state index in [4.69, 9.17) is 16.1 Å². The van der Waals surface area contributed by atoms with Crippen LogP contribution in [-0.4, -0.2) is 42.2 Å².